The molecule has 0 aliphatic carbocycles. The van der Waals surface area contributed by atoms with Crippen molar-refractivity contribution in [2.24, 2.45) is 0 Å². The van der Waals surface area contributed by atoms with Gasteiger partial charge in [-0.15, -0.1) is 0 Å². The Morgan fingerprint density at radius 2 is 1.69 bits per heavy atom. The van der Waals surface area contributed by atoms with Gasteiger partial charge in [-0.3, -0.25) is 9.59 Å². The average Bonchev–Trinajstić information content (AvgIpc) is 3.30. The lowest BCUT2D eigenvalue weighted by Gasteiger charge is -2.22. The summed E-state index contributed by atoms with van der Waals surface area (Å²) in [6, 6.07) is 19.2. The second-order valence-corrected chi connectivity index (χ2v) is 8.56. The van der Waals surface area contributed by atoms with Crippen LogP contribution in [0.1, 0.15) is 52.4 Å². The summed E-state index contributed by atoms with van der Waals surface area (Å²) in [7, 11) is 1.62. The van der Waals surface area contributed by atoms with Gasteiger partial charge in [-0.25, -0.2) is 4.68 Å². The molecule has 7 heteroatoms. The molecule has 0 spiro atoms. The summed E-state index contributed by atoms with van der Waals surface area (Å²) < 4.78 is 6.98. The van der Waals surface area contributed by atoms with Crippen molar-refractivity contribution in [2.75, 3.05) is 25.5 Å². The zero-order valence-corrected chi connectivity index (χ0v) is 21.0. The number of nitrogens with one attached hydrogen (secondary N) is 1. The summed E-state index contributed by atoms with van der Waals surface area (Å²) in [5.41, 5.74) is 2.49. The molecule has 186 valence electrons. The van der Waals surface area contributed by atoms with E-state index < -0.39 is 0 Å². The van der Waals surface area contributed by atoms with Gasteiger partial charge in [-0.2, -0.15) is 5.10 Å². The average molecular weight is 477 g/mol. The lowest BCUT2D eigenvalue weighted by Crippen LogP contribution is -2.38. The lowest BCUT2D eigenvalue weighted by atomic mass is 10.1. The number of hydrogen-bond acceptors (Lipinski definition) is 4. The van der Waals surface area contributed by atoms with Gasteiger partial charge < -0.3 is 15.0 Å². The molecule has 0 unspecified atom stereocenters. The molecule has 1 aromatic heterocycles. The van der Waals surface area contributed by atoms with Crippen LogP contribution in [0.2, 0.25) is 0 Å². The molecule has 7 nitrogen and oxygen atoms in total. The van der Waals surface area contributed by atoms with Gasteiger partial charge in [0.05, 0.1) is 25.0 Å². The number of anilines is 1. The molecule has 2 amide bonds. The quantitative estimate of drug-likeness (QED) is 0.321. The van der Waals surface area contributed by atoms with Gasteiger partial charge in [0, 0.05) is 24.6 Å². The van der Waals surface area contributed by atoms with Crippen LogP contribution in [0.25, 0.3) is 16.9 Å². The number of rotatable bonds is 13. The summed E-state index contributed by atoms with van der Waals surface area (Å²) >= 11 is 0. The van der Waals surface area contributed by atoms with E-state index >= 15 is 0 Å². The largest absolute Gasteiger partial charge is 0.497 e. The Morgan fingerprint density at radius 3 is 2.34 bits per heavy atom. The molecule has 0 aliphatic heterocycles. The Labute approximate surface area is 208 Å². The highest BCUT2D eigenvalue weighted by molar-refractivity contribution is 5.94. The van der Waals surface area contributed by atoms with Gasteiger partial charge in [0.1, 0.15) is 11.6 Å². The van der Waals surface area contributed by atoms with Crippen molar-refractivity contribution >= 4 is 17.6 Å². The van der Waals surface area contributed by atoms with Crippen molar-refractivity contribution in [1.82, 2.24) is 14.7 Å². The number of aromatic nitrogens is 2. The van der Waals surface area contributed by atoms with Crippen molar-refractivity contribution < 1.29 is 14.3 Å². The lowest BCUT2D eigenvalue weighted by molar-refractivity contribution is -0.134. The second kappa shape index (κ2) is 13.3. The molecular formula is C28H36N4O3. The molecule has 1 heterocycles. The van der Waals surface area contributed by atoms with Crippen molar-refractivity contribution in [2.45, 2.75) is 52.4 Å². The summed E-state index contributed by atoms with van der Waals surface area (Å²) in [4.78, 5) is 27.5. The van der Waals surface area contributed by atoms with Gasteiger partial charge in [-0.05, 0) is 37.1 Å². The van der Waals surface area contributed by atoms with Crippen LogP contribution >= 0.6 is 0 Å². The molecule has 3 rings (SSSR count). The first-order valence-electron chi connectivity index (χ1n) is 12.4. The maximum Gasteiger partial charge on any atom is 0.245 e. The molecule has 1 N–H and O–H groups in total. The Kier molecular flexibility index (Phi) is 9.90. The number of nitrogens with zero attached hydrogens (tertiary/aromatic N) is 3. The molecule has 0 saturated heterocycles. The van der Waals surface area contributed by atoms with Crippen LogP contribution in [0.5, 0.6) is 5.75 Å². The zero-order valence-electron chi connectivity index (χ0n) is 21.0. The maximum absolute atomic E-state index is 13.1. The summed E-state index contributed by atoms with van der Waals surface area (Å²) in [5, 5.41) is 7.75. The number of methoxy groups -OCH3 is 1. The first-order chi connectivity index (χ1) is 17.0. The van der Waals surface area contributed by atoms with E-state index in [2.05, 4.69) is 19.2 Å². The number of carbonyl (C=O) groups is 2. The monoisotopic (exact) mass is 476 g/mol. The molecule has 0 fully saturated rings. The van der Waals surface area contributed by atoms with Crippen LogP contribution in [0.4, 0.5) is 5.82 Å². The van der Waals surface area contributed by atoms with Crippen molar-refractivity contribution in [3.05, 3.63) is 60.7 Å². The highest BCUT2D eigenvalue weighted by Crippen LogP contribution is 2.26. The van der Waals surface area contributed by atoms with E-state index in [-0.39, 0.29) is 18.4 Å². The number of benzene rings is 2. The van der Waals surface area contributed by atoms with E-state index in [9.17, 15) is 9.59 Å². The van der Waals surface area contributed by atoms with Crippen LogP contribution in [-0.4, -0.2) is 46.7 Å². The topological polar surface area (TPSA) is 76.5 Å². The second-order valence-electron chi connectivity index (χ2n) is 8.56. The minimum atomic E-state index is -0.237. The molecule has 0 bridgehead atoms. The number of amides is 2. The number of unbranched alkanes of at least 4 members (excludes halogenated alkanes) is 3. The SMILES string of the molecule is CCCCCC(=O)N(CCCC)CC(=O)Nc1cc(-c2ccccc2)nn1-c1ccc(OC)cc1. The smallest absolute Gasteiger partial charge is 0.245 e. The van der Waals surface area contributed by atoms with E-state index in [1.165, 1.54) is 0 Å². The van der Waals surface area contributed by atoms with Crippen molar-refractivity contribution in [3.63, 3.8) is 0 Å². The Hall–Kier alpha value is -3.61. The third kappa shape index (κ3) is 7.44. The number of carbonyl (C=O) groups excluding carboxylic acids is 2. The molecule has 2 aromatic carbocycles. The van der Waals surface area contributed by atoms with Gasteiger partial charge in [0.25, 0.3) is 0 Å². The maximum atomic E-state index is 13.1. The zero-order chi connectivity index (χ0) is 25.0. The number of hydrogen-bond donors (Lipinski definition) is 1. The third-order valence-electron chi connectivity index (χ3n) is 5.83. The fraction of sp³-hybridized carbons (Fsp3) is 0.393. The van der Waals surface area contributed by atoms with E-state index in [1.54, 1.807) is 16.7 Å². The fourth-order valence-electron chi connectivity index (χ4n) is 3.82. The summed E-state index contributed by atoms with van der Waals surface area (Å²) in [5.74, 6) is 1.09. The van der Waals surface area contributed by atoms with Crippen molar-refractivity contribution in [3.8, 4) is 22.7 Å². The Morgan fingerprint density at radius 1 is 0.971 bits per heavy atom. The van der Waals surface area contributed by atoms with Gasteiger partial charge in [0.2, 0.25) is 11.8 Å². The summed E-state index contributed by atoms with van der Waals surface area (Å²) in [6.45, 7) is 4.81. The highest BCUT2D eigenvalue weighted by Gasteiger charge is 2.19. The molecule has 35 heavy (non-hydrogen) atoms. The van der Waals surface area contributed by atoms with E-state index in [1.807, 2.05) is 60.7 Å². The van der Waals surface area contributed by atoms with Crippen molar-refractivity contribution in [1.29, 1.82) is 0 Å². The standard InChI is InChI=1S/C28H36N4O3/c1-4-6-9-14-28(34)31(19-7-5-2)21-27(33)29-26-20-25(22-12-10-8-11-13-22)30-32(26)23-15-17-24(35-3)18-16-23/h8,10-13,15-18,20H,4-7,9,14,19,21H2,1-3H3,(H,29,33). The first-order valence-corrected chi connectivity index (χ1v) is 12.4. The van der Waals surface area contributed by atoms with Gasteiger partial charge >= 0.3 is 0 Å². The first kappa shape index (κ1) is 26.0. The Bertz CT molecular complexity index is 1080. The van der Waals surface area contributed by atoms with Crippen LogP contribution in [0, 0.1) is 0 Å². The third-order valence-corrected chi connectivity index (χ3v) is 5.83. The molecule has 3 aromatic rings. The molecule has 0 aliphatic rings. The highest BCUT2D eigenvalue weighted by atomic mass is 16.5. The predicted octanol–water partition coefficient (Wildman–Crippen LogP) is 5.70. The number of ether oxygens (including phenoxy) is 1. The molecule has 0 atom stereocenters. The minimum Gasteiger partial charge on any atom is -0.497 e. The van der Waals surface area contributed by atoms with Crippen LogP contribution in [-0.2, 0) is 9.59 Å². The molecule has 0 radical (unpaired) electrons. The molecular weight excluding hydrogens is 440 g/mol. The Balaban J connectivity index is 1.82. The minimum absolute atomic E-state index is 0.0272. The summed E-state index contributed by atoms with van der Waals surface area (Å²) in [6.07, 6.45) is 5.24. The van der Waals surface area contributed by atoms with E-state index in [0.717, 1.165) is 54.8 Å². The molecule has 0 saturated carbocycles. The predicted molar refractivity (Wildman–Crippen MR) is 140 cm³/mol. The fourth-order valence-corrected chi connectivity index (χ4v) is 3.82. The van der Waals surface area contributed by atoms with Crippen LogP contribution < -0.4 is 10.1 Å². The van der Waals surface area contributed by atoms with Crippen LogP contribution in [0.15, 0.2) is 60.7 Å². The normalized spacial score (nSPS) is 10.7. The van der Waals surface area contributed by atoms with Gasteiger partial charge in [-0.1, -0.05) is 63.4 Å². The van der Waals surface area contributed by atoms with Crippen LogP contribution in [0.3, 0.4) is 0 Å². The van der Waals surface area contributed by atoms with E-state index in [4.69, 9.17) is 9.84 Å². The van der Waals surface area contributed by atoms with Gasteiger partial charge in [0.15, 0.2) is 0 Å². The van der Waals surface area contributed by atoms with E-state index in [0.29, 0.717) is 18.8 Å².